The molecule has 0 heterocycles. The van der Waals surface area contributed by atoms with E-state index in [1.165, 1.54) is 50.5 Å². The van der Waals surface area contributed by atoms with E-state index in [1.54, 1.807) is 12.1 Å². The molecule has 0 saturated heterocycles. The van der Waals surface area contributed by atoms with Gasteiger partial charge in [-0.15, -0.1) is 0 Å². The van der Waals surface area contributed by atoms with Crippen LogP contribution in [0.15, 0.2) is 42.5 Å². The van der Waals surface area contributed by atoms with Crippen LogP contribution in [-0.2, 0) is 9.59 Å². The topological polar surface area (TPSA) is 85.9 Å². The summed E-state index contributed by atoms with van der Waals surface area (Å²) in [6, 6.07) is 8.52. The molecule has 0 aliphatic carbocycles. The number of benzene rings is 2. The second-order valence-corrected chi connectivity index (χ2v) is 6.40. The molecule has 1 unspecified atom stereocenters. The zero-order valence-corrected chi connectivity index (χ0v) is 17.5. The fourth-order valence-corrected chi connectivity index (χ4v) is 2.65. The number of rotatable bonds is 8. The maximum Gasteiger partial charge on any atom is 0.279 e. The lowest BCUT2D eigenvalue weighted by molar-refractivity contribution is -0.131. The highest BCUT2D eigenvalue weighted by Crippen LogP contribution is 2.36. The Balaban J connectivity index is 1.91. The molecule has 0 bridgehead atoms. The molecular formula is C21H22ClFN2O5. The van der Waals surface area contributed by atoms with E-state index in [0.29, 0.717) is 34.4 Å². The minimum Gasteiger partial charge on any atom is -0.491 e. The summed E-state index contributed by atoms with van der Waals surface area (Å²) < 4.78 is 29.0. The van der Waals surface area contributed by atoms with Gasteiger partial charge in [-0.05, 0) is 61.9 Å². The molecule has 0 aromatic heterocycles. The van der Waals surface area contributed by atoms with E-state index < -0.39 is 23.7 Å². The molecule has 2 rings (SSSR count). The highest BCUT2D eigenvalue weighted by Gasteiger charge is 2.15. The third-order valence-electron chi connectivity index (χ3n) is 3.77. The highest BCUT2D eigenvalue weighted by molar-refractivity contribution is 6.32. The second-order valence-electron chi connectivity index (χ2n) is 5.99. The van der Waals surface area contributed by atoms with Gasteiger partial charge in [-0.2, -0.15) is 0 Å². The molecule has 2 amide bonds. The van der Waals surface area contributed by atoms with E-state index in [2.05, 4.69) is 10.9 Å². The predicted octanol–water partition coefficient (Wildman–Crippen LogP) is 3.51. The van der Waals surface area contributed by atoms with Crippen molar-refractivity contribution in [2.45, 2.75) is 20.0 Å². The van der Waals surface area contributed by atoms with Gasteiger partial charge in [-0.25, -0.2) is 4.39 Å². The zero-order valence-electron chi connectivity index (χ0n) is 16.7. The van der Waals surface area contributed by atoms with Crippen molar-refractivity contribution in [3.05, 3.63) is 58.9 Å². The Hall–Kier alpha value is -3.26. The third-order valence-corrected chi connectivity index (χ3v) is 4.05. The lowest BCUT2D eigenvalue weighted by Gasteiger charge is -2.14. The minimum atomic E-state index is -0.908. The summed E-state index contributed by atoms with van der Waals surface area (Å²) in [6.45, 7) is 3.74. The molecule has 0 aliphatic heterocycles. The van der Waals surface area contributed by atoms with Crippen LogP contribution in [0.3, 0.4) is 0 Å². The van der Waals surface area contributed by atoms with Gasteiger partial charge in [-0.1, -0.05) is 11.6 Å². The summed E-state index contributed by atoms with van der Waals surface area (Å²) >= 11 is 6.17. The largest absolute Gasteiger partial charge is 0.491 e. The summed E-state index contributed by atoms with van der Waals surface area (Å²) in [4.78, 5) is 24.0. The van der Waals surface area contributed by atoms with Gasteiger partial charge in [0.15, 0.2) is 17.6 Å². The minimum absolute atomic E-state index is 0.326. The van der Waals surface area contributed by atoms with Gasteiger partial charge in [0.05, 0.1) is 18.7 Å². The van der Waals surface area contributed by atoms with Gasteiger partial charge >= 0.3 is 0 Å². The van der Waals surface area contributed by atoms with Crippen molar-refractivity contribution in [3.8, 4) is 17.2 Å². The first-order valence-electron chi connectivity index (χ1n) is 9.04. The number of hydrazine groups is 1. The molecule has 2 aromatic rings. The fourth-order valence-electron chi connectivity index (χ4n) is 2.35. The molecule has 160 valence electrons. The zero-order chi connectivity index (χ0) is 22.1. The molecule has 0 aliphatic rings. The van der Waals surface area contributed by atoms with Gasteiger partial charge in [0.2, 0.25) is 0 Å². The molecule has 30 heavy (non-hydrogen) atoms. The van der Waals surface area contributed by atoms with E-state index in [4.69, 9.17) is 25.8 Å². The van der Waals surface area contributed by atoms with E-state index in [1.807, 2.05) is 6.92 Å². The Morgan fingerprint density at radius 3 is 2.53 bits per heavy atom. The first-order chi connectivity index (χ1) is 14.3. The van der Waals surface area contributed by atoms with Gasteiger partial charge in [0.1, 0.15) is 11.6 Å². The van der Waals surface area contributed by atoms with Crippen LogP contribution in [0.2, 0.25) is 5.02 Å². The highest BCUT2D eigenvalue weighted by atomic mass is 35.5. The quantitative estimate of drug-likeness (QED) is 0.488. The number of hydrogen-bond donors (Lipinski definition) is 2. The van der Waals surface area contributed by atoms with E-state index >= 15 is 0 Å². The molecule has 1 atom stereocenters. The van der Waals surface area contributed by atoms with Crippen LogP contribution in [0.4, 0.5) is 4.39 Å². The summed E-state index contributed by atoms with van der Waals surface area (Å²) in [7, 11) is 1.48. The maximum absolute atomic E-state index is 12.9. The van der Waals surface area contributed by atoms with Crippen LogP contribution < -0.4 is 25.1 Å². The van der Waals surface area contributed by atoms with E-state index in [-0.39, 0.29) is 0 Å². The number of carbonyl (C=O) groups is 2. The normalized spacial score (nSPS) is 11.6. The molecule has 0 fully saturated rings. The summed E-state index contributed by atoms with van der Waals surface area (Å²) in [5.41, 5.74) is 5.11. The monoisotopic (exact) mass is 436 g/mol. The number of hydrogen-bond acceptors (Lipinski definition) is 5. The van der Waals surface area contributed by atoms with E-state index in [9.17, 15) is 14.0 Å². The van der Waals surface area contributed by atoms with Gasteiger partial charge in [0.25, 0.3) is 11.8 Å². The Kier molecular flexibility index (Phi) is 8.49. The number of halogens is 2. The summed E-state index contributed by atoms with van der Waals surface area (Å²) in [5.74, 6) is -0.374. The van der Waals surface area contributed by atoms with Crippen LogP contribution >= 0.6 is 11.6 Å². The number of amides is 2. The number of carbonyl (C=O) groups excluding carboxylic acids is 2. The van der Waals surface area contributed by atoms with Crippen molar-refractivity contribution < 1.29 is 28.2 Å². The van der Waals surface area contributed by atoms with Gasteiger partial charge in [0, 0.05) is 6.08 Å². The Morgan fingerprint density at radius 1 is 1.20 bits per heavy atom. The van der Waals surface area contributed by atoms with Crippen LogP contribution in [0.25, 0.3) is 6.08 Å². The Bertz CT molecular complexity index is 918. The number of ether oxygens (including phenoxy) is 3. The van der Waals surface area contributed by atoms with Crippen molar-refractivity contribution >= 4 is 29.5 Å². The van der Waals surface area contributed by atoms with Crippen molar-refractivity contribution in [3.63, 3.8) is 0 Å². The first kappa shape index (κ1) is 23.0. The van der Waals surface area contributed by atoms with Crippen molar-refractivity contribution in [2.75, 3.05) is 13.7 Å². The van der Waals surface area contributed by atoms with Crippen molar-refractivity contribution in [1.82, 2.24) is 10.9 Å². The molecule has 9 heteroatoms. The van der Waals surface area contributed by atoms with Crippen LogP contribution in [0.1, 0.15) is 19.4 Å². The average Bonchev–Trinajstić information content (AvgIpc) is 2.72. The van der Waals surface area contributed by atoms with Crippen LogP contribution in [-0.4, -0.2) is 31.6 Å². The summed E-state index contributed by atoms with van der Waals surface area (Å²) in [5, 5.41) is 0.337. The first-order valence-corrected chi connectivity index (χ1v) is 9.42. The van der Waals surface area contributed by atoms with Crippen molar-refractivity contribution in [2.24, 2.45) is 0 Å². The maximum atomic E-state index is 12.9. The molecule has 7 nitrogen and oxygen atoms in total. The molecular weight excluding hydrogens is 415 g/mol. The smallest absolute Gasteiger partial charge is 0.279 e. The molecule has 2 aromatic carbocycles. The van der Waals surface area contributed by atoms with Crippen molar-refractivity contribution in [1.29, 1.82) is 0 Å². The lowest BCUT2D eigenvalue weighted by Crippen LogP contribution is -2.46. The molecule has 0 saturated carbocycles. The predicted molar refractivity (Wildman–Crippen MR) is 111 cm³/mol. The fraction of sp³-hybridized carbons (Fsp3) is 0.238. The number of nitrogens with one attached hydrogen (secondary N) is 2. The molecule has 0 spiro atoms. The summed E-state index contributed by atoms with van der Waals surface area (Å²) in [6.07, 6.45) is 1.82. The molecule has 0 radical (unpaired) electrons. The van der Waals surface area contributed by atoms with Gasteiger partial charge in [-0.3, -0.25) is 20.4 Å². The average molecular weight is 437 g/mol. The Morgan fingerprint density at radius 2 is 1.90 bits per heavy atom. The molecule has 2 N–H and O–H groups in total. The second kappa shape index (κ2) is 11.1. The lowest BCUT2D eigenvalue weighted by atomic mass is 10.2. The number of methoxy groups -OCH3 is 1. The SMILES string of the molecule is CCOc1cc(/C=C/C(=O)NNC(=O)C(C)Oc2ccc(F)cc2)cc(Cl)c1OC. The third kappa shape index (κ3) is 6.66. The van der Waals surface area contributed by atoms with Crippen LogP contribution in [0.5, 0.6) is 17.2 Å². The Labute approximate surface area is 178 Å². The van der Waals surface area contributed by atoms with Gasteiger partial charge < -0.3 is 14.2 Å². The standard InChI is InChI=1S/C21H22ClFN2O5/c1-4-29-18-12-14(11-17(22)20(18)28-3)5-10-19(26)24-25-21(27)13(2)30-16-8-6-15(23)7-9-16/h5-13H,4H2,1-3H3,(H,24,26)(H,25,27)/b10-5+. The van der Waals surface area contributed by atoms with Crippen LogP contribution in [0, 0.1) is 5.82 Å². The van der Waals surface area contributed by atoms with E-state index in [0.717, 1.165) is 0 Å².